The number of guanidine groups is 1. The van der Waals surface area contributed by atoms with E-state index in [-0.39, 0.29) is 29.9 Å². The number of carbonyl (C=O) groups excluding carboxylic acids is 1. The minimum Gasteiger partial charge on any atom is -0.357 e. The molecule has 1 aromatic carbocycles. The van der Waals surface area contributed by atoms with Crippen molar-refractivity contribution < 1.29 is 4.79 Å². The van der Waals surface area contributed by atoms with Crippen LogP contribution >= 0.6 is 24.0 Å². The first-order valence-electron chi connectivity index (χ1n) is 10.1. The highest BCUT2D eigenvalue weighted by molar-refractivity contribution is 14.0. The molecule has 0 bridgehead atoms. The molecule has 28 heavy (non-hydrogen) atoms. The van der Waals surface area contributed by atoms with E-state index in [1.54, 1.807) is 7.05 Å². The number of piperidine rings is 1. The van der Waals surface area contributed by atoms with Gasteiger partial charge in [-0.05, 0) is 57.7 Å². The third-order valence-electron chi connectivity index (χ3n) is 5.03. The van der Waals surface area contributed by atoms with Crippen LogP contribution in [0.5, 0.6) is 0 Å². The van der Waals surface area contributed by atoms with Gasteiger partial charge in [0.1, 0.15) is 0 Å². The van der Waals surface area contributed by atoms with Crippen molar-refractivity contribution >= 4 is 35.8 Å². The van der Waals surface area contributed by atoms with E-state index >= 15 is 0 Å². The van der Waals surface area contributed by atoms with Crippen LogP contribution < -0.4 is 16.0 Å². The molecule has 0 radical (unpaired) electrons. The fraction of sp³-hybridized carbons (Fsp3) is 0.619. The van der Waals surface area contributed by atoms with Gasteiger partial charge in [0, 0.05) is 50.9 Å². The minimum absolute atomic E-state index is 0. The van der Waals surface area contributed by atoms with E-state index in [1.165, 1.54) is 0 Å². The molecule has 0 aromatic heterocycles. The average Bonchev–Trinajstić information content (AvgIpc) is 2.68. The number of amides is 1. The van der Waals surface area contributed by atoms with E-state index in [9.17, 15) is 4.79 Å². The fourth-order valence-electron chi connectivity index (χ4n) is 3.38. The van der Waals surface area contributed by atoms with E-state index in [4.69, 9.17) is 4.99 Å². The third kappa shape index (κ3) is 7.95. The van der Waals surface area contributed by atoms with Crippen molar-refractivity contribution in [2.75, 3.05) is 33.2 Å². The van der Waals surface area contributed by atoms with Crippen molar-refractivity contribution in [3.8, 4) is 0 Å². The zero-order valence-corrected chi connectivity index (χ0v) is 20.0. The summed E-state index contributed by atoms with van der Waals surface area (Å²) in [5.74, 6) is 0.839. The number of rotatable bonds is 7. The maximum absolute atomic E-state index is 11.8. The van der Waals surface area contributed by atoms with Crippen LogP contribution in [0.4, 0.5) is 0 Å². The van der Waals surface area contributed by atoms with Crippen LogP contribution in [0.25, 0.3) is 0 Å². The highest BCUT2D eigenvalue weighted by Crippen LogP contribution is 2.13. The van der Waals surface area contributed by atoms with Gasteiger partial charge < -0.3 is 20.9 Å². The SMILES string of the molecule is CCNC(=NCCc1cccc(C(=O)NC)c1)NC1CCN(C(C)C)CC1.I. The zero-order chi connectivity index (χ0) is 19.6. The molecule has 0 atom stereocenters. The van der Waals surface area contributed by atoms with Crippen molar-refractivity contribution in [2.45, 2.75) is 52.1 Å². The van der Waals surface area contributed by atoms with Crippen molar-refractivity contribution in [3.63, 3.8) is 0 Å². The van der Waals surface area contributed by atoms with Gasteiger partial charge in [-0.3, -0.25) is 9.79 Å². The molecule has 158 valence electrons. The highest BCUT2D eigenvalue weighted by atomic mass is 127. The lowest BCUT2D eigenvalue weighted by atomic mass is 10.0. The number of likely N-dealkylation sites (tertiary alicyclic amines) is 1. The summed E-state index contributed by atoms with van der Waals surface area (Å²) in [6, 6.07) is 8.85. The summed E-state index contributed by atoms with van der Waals surface area (Å²) >= 11 is 0. The van der Waals surface area contributed by atoms with Crippen LogP contribution in [0.3, 0.4) is 0 Å². The monoisotopic (exact) mass is 501 g/mol. The van der Waals surface area contributed by atoms with Gasteiger partial charge in [0.25, 0.3) is 5.91 Å². The molecule has 0 spiro atoms. The Labute approximate surface area is 187 Å². The zero-order valence-electron chi connectivity index (χ0n) is 17.6. The number of halogens is 1. The van der Waals surface area contributed by atoms with Gasteiger partial charge in [0.15, 0.2) is 5.96 Å². The van der Waals surface area contributed by atoms with Gasteiger partial charge in [0.05, 0.1) is 0 Å². The van der Waals surface area contributed by atoms with Gasteiger partial charge in [-0.2, -0.15) is 0 Å². The average molecular weight is 501 g/mol. The van der Waals surface area contributed by atoms with Crippen molar-refractivity contribution in [1.82, 2.24) is 20.9 Å². The molecule has 6 nitrogen and oxygen atoms in total. The Hall–Kier alpha value is -1.35. The lowest BCUT2D eigenvalue weighted by Gasteiger charge is -2.35. The lowest BCUT2D eigenvalue weighted by Crippen LogP contribution is -2.49. The Kier molecular flexibility index (Phi) is 11.4. The summed E-state index contributed by atoms with van der Waals surface area (Å²) in [6.07, 6.45) is 3.11. The first-order valence-corrected chi connectivity index (χ1v) is 10.1. The minimum atomic E-state index is -0.0527. The largest absolute Gasteiger partial charge is 0.357 e. The van der Waals surface area contributed by atoms with Gasteiger partial charge >= 0.3 is 0 Å². The van der Waals surface area contributed by atoms with Crippen LogP contribution in [0, 0.1) is 0 Å². The second-order valence-corrected chi connectivity index (χ2v) is 7.34. The molecule has 7 heteroatoms. The molecule has 1 fully saturated rings. The molecule has 2 rings (SSSR count). The van der Waals surface area contributed by atoms with E-state index in [0.717, 1.165) is 50.4 Å². The molecule has 0 saturated carbocycles. The van der Waals surface area contributed by atoms with Crippen LogP contribution in [-0.2, 0) is 6.42 Å². The van der Waals surface area contributed by atoms with Gasteiger partial charge in [-0.1, -0.05) is 12.1 Å². The maximum atomic E-state index is 11.8. The van der Waals surface area contributed by atoms with Crippen LogP contribution in [0.15, 0.2) is 29.3 Å². The van der Waals surface area contributed by atoms with Crippen molar-refractivity contribution in [1.29, 1.82) is 0 Å². The highest BCUT2D eigenvalue weighted by Gasteiger charge is 2.21. The van der Waals surface area contributed by atoms with Crippen LogP contribution in [0.2, 0.25) is 0 Å². The number of hydrogen-bond acceptors (Lipinski definition) is 3. The first kappa shape index (κ1) is 24.7. The van der Waals surface area contributed by atoms with E-state index in [0.29, 0.717) is 24.2 Å². The van der Waals surface area contributed by atoms with Crippen LogP contribution in [0.1, 0.15) is 49.5 Å². The standard InChI is InChI=1S/C21H35N5O.HI/c1-5-23-21(25-19-10-13-26(14-11-19)16(2)3)24-12-9-17-7-6-8-18(15-17)20(27)22-4;/h6-8,15-16,19H,5,9-14H2,1-4H3,(H,22,27)(H2,23,24,25);1H. The third-order valence-corrected chi connectivity index (χ3v) is 5.03. The van der Waals surface area contributed by atoms with E-state index < -0.39 is 0 Å². The smallest absolute Gasteiger partial charge is 0.251 e. The predicted molar refractivity (Wildman–Crippen MR) is 128 cm³/mol. The second-order valence-electron chi connectivity index (χ2n) is 7.34. The molecular weight excluding hydrogens is 465 g/mol. The normalized spacial score (nSPS) is 15.8. The maximum Gasteiger partial charge on any atom is 0.251 e. The molecule has 1 aliphatic heterocycles. The van der Waals surface area contributed by atoms with Crippen molar-refractivity contribution in [3.05, 3.63) is 35.4 Å². The number of hydrogen-bond donors (Lipinski definition) is 3. The number of aliphatic imine (C=N–C) groups is 1. The summed E-state index contributed by atoms with van der Waals surface area (Å²) in [6.45, 7) is 10.4. The number of benzene rings is 1. The Bertz CT molecular complexity index is 627. The number of carbonyl (C=O) groups is 1. The molecule has 1 saturated heterocycles. The summed E-state index contributed by atoms with van der Waals surface area (Å²) in [5.41, 5.74) is 1.82. The molecule has 1 aliphatic rings. The predicted octanol–water partition coefficient (Wildman–Crippen LogP) is 2.63. The topological polar surface area (TPSA) is 68.8 Å². The molecule has 3 N–H and O–H groups in total. The summed E-state index contributed by atoms with van der Waals surface area (Å²) < 4.78 is 0. The molecule has 0 aliphatic carbocycles. The Balaban J connectivity index is 0.00000392. The van der Waals surface area contributed by atoms with E-state index in [1.807, 2.05) is 24.3 Å². The quantitative estimate of drug-likeness (QED) is 0.305. The summed E-state index contributed by atoms with van der Waals surface area (Å²) in [5, 5.41) is 9.60. The fourth-order valence-corrected chi connectivity index (χ4v) is 3.38. The summed E-state index contributed by atoms with van der Waals surface area (Å²) in [7, 11) is 1.65. The van der Waals surface area contributed by atoms with Gasteiger partial charge in [0.2, 0.25) is 0 Å². The number of nitrogens with one attached hydrogen (secondary N) is 3. The molecule has 0 unspecified atom stereocenters. The molecule has 1 aromatic rings. The van der Waals surface area contributed by atoms with Crippen molar-refractivity contribution in [2.24, 2.45) is 4.99 Å². The molecule has 1 amide bonds. The number of nitrogens with zero attached hydrogens (tertiary/aromatic N) is 2. The lowest BCUT2D eigenvalue weighted by molar-refractivity contribution is 0.0963. The Morgan fingerprint density at radius 3 is 2.61 bits per heavy atom. The first-order chi connectivity index (χ1) is 13.0. The van der Waals surface area contributed by atoms with Gasteiger partial charge in [-0.15, -0.1) is 24.0 Å². The van der Waals surface area contributed by atoms with E-state index in [2.05, 4.69) is 41.6 Å². The second kappa shape index (κ2) is 13.0. The summed E-state index contributed by atoms with van der Waals surface area (Å²) in [4.78, 5) is 19.0. The molecule has 1 heterocycles. The van der Waals surface area contributed by atoms with Gasteiger partial charge in [-0.25, -0.2) is 0 Å². The molecular formula is C21H36IN5O. The Morgan fingerprint density at radius 1 is 1.29 bits per heavy atom. The Morgan fingerprint density at radius 2 is 2.00 bits per heavy atom. The van der Waals surface area contributed by atoms with Crippen LogP contribution in [-0.4, -0.2) is 62.1 Å².